The number of nitro benzene ring substituents is 1. The SMILES string of the molecule is O=C(Cl)CN(c1ccc(Br)cc1Cl)S(=O)(=O)c1cccc([N+](=O)[O-])c1. The lowest BCUT2D eigenvalue weighted by atomic mass is 10.3. The highest BCUT2D eigenvalue weighted by Gasteiger charge is 2.29. The normalized spacial score (nSPS) is 11.2. The van der Waals surface area contributed by atoms with Gasteiger partial charge in [-0.2, -0.15) is 0 Å². The van der Waals surface area contributed by atoms with E-state index in [0.717, 1.165) is 12.1 Å². The van der Waals surface area contributed by atoms with Gasteiger partial charge in [-0.1, -0.05) is 33.6 Å². The molecule has 2 rings (SSSR count). The van der Waals surface area contributed by atoms with E-state index in [9.17, 15) is 23.3 Å². The van der Waals surface area contributed by atoms with Gasteiger partial charge in [-0.25, -0.2) is 8.42 Å². The number of hydrogen-bond donors (Lipinski definition) is 0. The molecule has 0 aliphatic heterocycles. The molecule has 0 radical (unpaired) electrons. The van der Waals surface area contributed by atoms with E-state index >= 15 is 0 Å². The zero-order valence-electron chi connectivity index (χ0n) is 12.2. The van der Waals surface area contributed by atoms with Crippen molar-refractivity contribution in [1.82, 2.24) is 0 Å². The Kier molecular flexibility index (Phi) is 6.04. The van der Waals surface area contributed by atoms with E-state index < -0.39 is 32.4 Å². The lowest BCUT2D eigenvalue weighted by Crippen LogP contribution is -2.34. The number of carbonyl (C=O) groups is 1. The van der Waals surface area contributed by atoms with Crippen LogP contribution >= 0.6 is 39.1 Å². The monoisotopic (exact) mass is 466 g/mol. The zero-order valence-corrected chi connectivity index (χ0v) is 16.1. The fourth-order valence-corrected chi connectivity index (χ4v) is 4.48. The van der Waals surface area contributed by atoms with E-state index in [0.29, 0.717) is 8.78 Å². The Morgan fingerprint density at radius 2 is 1.92 bits per heavy atom. The summed E-state index contributed by atoms with van der Waals surface area (Å²) in [4.78, 5) is 21.2. The molecule has 7 nitrogen and oxygen atoms in total. The predicted octanol–water partition coefficient (Wildman–Crippen LogP) is 3.97. The average molecular weight is 468 g/mol. The summed E-state index contributed by atoms with van der Waals surface area (Å²) in [6.07, 6.45) is 0. The number of anilines is 1. The minimum absolute atomic E-state index is 0.0189. The Morgan fingerprint density at radius 1 is 1.24 bits per heavy atom. The van der Waals surface area contributed by atoms with Gasteiger partial charge < -0.3 is 0 Å². The largest absolute Gasteiger partial charge is 0.279 e. The molecule has 0 amide bonds. The summed E-state index contributed by atoms with van der Waals surface area (Å²) < 4.78 is 27.1. The summed E-state index contributed by atoms with van der Waals surface area (Å²) in [6, 6.07) is 8.84. The number of sulfonamides is 1. The number of rotatable bonds is 6. The molecule has 25 heavy (non-hydrogen) atoms. The minimum Gasteiger partial charge on any atom is -0.279 e. The fourth-order valence-electron chi connectivity index (χ4n) is 1.98. The van der Waals surface area contributed by atoms with Crippen LogP contribution in [0.4, 0.5) is 11.4 Å². The number of carbonyl (C=O) groups excluding carboxylic acids is 1. The van der Waals surface area contributed by atoms with Crippen molar-refractivity contribution in [3.8, 4) is 0 Å². The summed E-state index contributed by atoms with van der Waals surface area (Å²) in [5.41, 5.74) is -0.384. The Morgan fingerprint density at radius 3 is 2.48 bits per heavy atom. The topological polar surface area (TPSA) is 97.6 Å². The van der Waals surface area contributed by atoms with Crippen LogP contribution in [0.25, 0.3) is 0 Å². The van der Waals surface area contributed by atoms with Crippen LogP contribution in [0.15, 0.2) is 51.8 Å². The van der Waals surface area contributed by atoms with E-state index in [-0.39, 0.29) is 15.6 Å². The van der Waals surface area contributed by atoms with Gasteiger partial charge in [0, 0.05) is 16.6 Å². The Bertz CT molecular complexity index is 952. The van der Waals surface area contributed by atoms with Crippen LogP contribution < -0.4 is 4.31 Å². The summed E-state index contributed by atoms with van der Waals surface area (Å²) in [5.74, 6) is 0. The molecule has 2 aromatic carbocycles. The van der Waals surface area contributed by atoms with Gasteiger partial charge in [-0.05, 0) is 35.9 Å². The number of nitro groups is 1. The molecule has 0 atom stereocenters. The molecule has 11 heteroatoms. The Balaban J connectivity index is 2.62. The first kappa shape index (κ1) is 19.6. The standard InChI is InChI=1S/C14H9BrCl2N2O5S/c15-9-4-5-13(12(16)6-9)18(8-14(17)20)25(23,24)11-3-1-2-10(7-11)19(21)22/h1-7H,8H2. The van der Waals surface area contributed by atoms with Gasteiger partial charge in [0.2, 0.25) is 5.24 Å². The number of hydrogen-bond acceptors (Lipinski definition) is 5. The fraction of sp³-hybridized carbons (Fsp3) is 0.0714. The van der Waals surface area contributed by atoms with Gasteiger partial charge in [0.15, 0.2) is 0 Å². The molecule has 0 N–H and O–H groups in total. The molecule has 0 fully saturated rings. The second kappa shape index (κ2) is 7.69. The molecule has 0 saturated carbocycles. The quantitative estimate of drug-likeness (QED) is 0.363. The van der Waals surface area contributed by atoms with Crippen molar-refractivity contribution in [3.05, 3.63) is 62.1 Å². The number of benzene rings is 2. The van der Waals surface area contributed by atoms with E-state index in [1.165, 1.54) is 30.3 Å². The lowest BCUT2D eigenvalue weighted by molar-refractivity contribution is -0.385. The highest BCUT2D eigenvalue weighted by Crippen LogP contribution is 2.33. The Hall–Kier alpha value is -1.68. The van der Waals surface area contributed by atoms with Crippen LogP contribution in [0.5, 0.6) is 0 Å². The Labute approximate surface area is 161 Å². The van der Waals surface area contributed by atoms with Gasteiger partial charge in [0.1, 0.15) is 6.54 Å². The smallest absolute Gasteiger partial charge is 0.270 e. The summed E-state index contributed by atoms with van der Waals surface area (Å²) in [7, 11) is -4.32. The molecule has 0 saturated heterocycles. The number of halogens is 3. The van der Waals surface area contributed by atoms with Crippen molar-refractivity contribution in [2.45, 2.75) is 4.90 Å². The van der Waals surface area contributed by atoms with Crippen LogP contribution in [0.2, 0.25) is 5.02 Å². The van der Waals surface area contributed by atoms with Crippen molar-refractivity contribution >= 4 is 65.8 Å². The van der Waals surface area contributed by atoms with Gasteiger partial charge in [-0.3, -0.25) is 19.2 Å². The van der Waals surface area contributed by atoms with Crippen LogP contribution in [0.3, 0.4) is 0 Å². The van der Waals surface area contributed by atoms with E-state index in [1.54, 1.807) is 0 Å². The number of nitrogens with zero attached hydrogens (tertiary/aromatic N) is 2. The molecule has 0 aliphatic carbocycles. The van der Waals surface area contributed by atoms with Gasteiger partial charge in [0.25, 0.3) is 15.7 Å². The maximum absolute atomic E-state index is 12.9. The first-order valence-electron chi connectivity index (χ1n) is 6.53. The highest BCUT2D eigenvalue weighted by atomic mass is 79.9. The molecule has 0 aliphatic rings. The number of non-ortho nitro benzene ring substituents is 1. The van der Waals surface area contributed by atoms with Crippen molar-refractivity contribution in [1.29, 1.82) is 0 Å². The van der Waals surface area contributed by atoms with Crippen molar-refractivity contribution in [2.24, 2.45) is 0 Å². The average Bonchev–Trinajstić information content (AvgIpc) is 2.53. The molecule has 0 bridgehead atoms. The molecule has 0 heterocycles. The van der Waals surface area contributed by atoms with Crippen molar-refractivity contribution < 1.29 is 18.1 Å². The summed E-state index contributed by atoms with van der Waals surface area (Å²) >= 11 is 14.7. The van der Waals surface area contributed by atoms with Gasteiger partial charge in [0.05, 0.1) is 20.5 Å². The first-order chi connectivity index (χ1) is 11.6. The second-order valence-electron chi connectivity index (χ2n) is 4.72. The maximum Gasteiger partial charge on any atom is 0.270 e. The summed E-state index contributed by atoms with van der Waals surface area (Å²) in [6.45, 7) is -0.687. The van der Waals surface area contributed by atoms with Crippen LogP contribution in [0.1, 0.15) is 0 Å². The van der Waals surface area contributed by atoms with Crippen molar-refractivity contribution in [2.75, 3.05) is 10.8 Å². The van der Waals surface area contributed by atoms with E-state index in [2.05, 4.69) is 15.9 Å². The van der Waals surface area contributed by atoms with Crippen LogP contribution in [-0.4, -0.2) is 25.1 Å². The first-order valence-corrected chi connectivity index (χ1v) is 9.52. The molecule has 0 aromatic heterocycles. The predicted molar refractivity (Wildman–Crippen MR) is 97.6 cm³/mol. The summed E-state index contributed by atoms with van der Waals surface area (Å²) in [5, 5.41) is 10.0. The minimum atomic E-state index is -4.32. The third-order valence-electron chi connectivity index (χ3n) is 3.06. The van der Waals surface area contributed by atoms with Gasteiger partial charge in [-0.15, -0.1) is 0 Å². The third kappa shape index (κ3) is 4.49. The molecule has 2 aromatic rings. The van der Waals surface area contributed by atoms with E-state index in [1.807, 2.05) is 0 Å². The molecule has 0 unspecified atom stereocenters. The van der Waals surface area contributed by atoms with E-state index in [4.69, 9.17) is 23.2 Å². The zero-order chi connectivity index (χ0) is 18.8. The van der Waals surface area contributed by atoms with Crippen LogP contribution in [0, 0.1) is 10.1 Å². The highest BCUT2D eigenvalue weighted by molar-refractivity contribution is 9.10. The van der Waals surface area contributed by atoms with Gasteiger partial charge >= 0.3 is 0 Å². The van der Waals surface area contributed by atoms with Crippen molar-refractivity contribution in [3.63, 3.8) is 0 Å². The second-order valence-corrected chi connectivity index (χ2v) is 8.32. The molecular weight excluding hydrogens is 459 g/mol. The molecular formula is C14H9BrCl2N2O5S. The maximum atomic E-state index is 12.9. The molecule has 132 valence electrons. The third-order valence-corrected chi connectivity index (χ3v) is 5.73. The van der Waals surface area contributed by atoms with Crippen LogP contribution in [-0.2, 0) is 14.8 Å². The molecule has 0 spiro atoms. The lowest BCUT2D eigenvalue weighted by Gasteiger charge is -2.24.